The highest BCUT2D eigenvalue weighted by molar-refractivity contribution is 6.74. The lowest BCUT2D eigenvalue weighted by atomic mass is 9.62. The third-order valence-corrected chi connectivity index (χ3v) is 16.2. The Morgan fingerprint density at radius 3 is 1.90 bits per heavy atom. The molecule has 1 spiro atoms. The van der Waals surface area contributed by atoms with Gasteiger partial charge in [0.2, 0.25) is 11.8 Å². The Balaban J connectivity index is 1.54. The highest BCUT2D eigenvalue weighted by Crippen LogP contribution is 2.51. The summed E-state index contributed by atoms with van der Waals surface area (Å²) in [6, 6.07) is 0.0470. The first-order valence-corrected chi connectivity index (χ1v) is 18.9. The molecule has 2 aliphatic heterocycles. The van der Waals surface area contributed by atoms with Crippen molar-refractivity contribution < 1.29 is 23.5 Å². The van der Waals surface area contributed by atoms with Crippen molar-refractivity contribution in [3.63, 3.8) is 0 Å². The lowest BCUT2D eigenvalue weighted by molar-refractivity contribution is -0.213. The molecule has 5 atom stereocenters. The molecule has 40 heavy (non-hydrogen) atoms. The zero-order valence-corrected chi connectivity index (χ0v) is 27.9. The predicted molar refractivity (Wildman–Crippen MR) is 161 cm³/mol. The number of amides is 2. The Kier molecular flexibility index (Phi) is 9.28. The molecule has 4 fully saturated rings. The monoisotopic (exact) mass is 578 g/mol. The van der Waals surface area contributed by atoms with E-state index in [2.05, 4.69) is 72.2 Å². The minimum absolute atomic E-state index is 0.0172. The van der Waals surface area contributed by atoms with Crippen LogP contribution in [0.1, 0.15) is 113 Å². The zero-order chi connectivity index (χ0) is 29.6. The van der Waals surface area contributed by atoms with Crippen molar-refractivity contribution in [1.82, 2.24) is 10.6 Å². The van der Waals surface area contributed by atoms with Gasteiger partial charge in [0, 0.05) is 43.9 Å². The van der Waals surface area contributed by atoms with E-state index in [9.17, 15) is 9.59 Å². The number of carbonyl (C=O) groups is 2. The highest BCUT2D eigenvalue weighted by Gasteiger charge is 2.53. The SMILES string of the molecule is CC1(C)[C@@H]2CCCC(=O)N[C@@H]3CC4(C[C@@H](CCCC(=O)N[C@@H]1CC(O[Si](C)(C)C(C)(C)C)C2)C3(C)C)OCCO4. The molecule has 0 aromatic rings. The van der Waals surface area contributed by atoms with E-state index in [1.54, 1.807) is 0 Å². The van der Waals surface area contributed by atoms with Crippen LogP contribution in [0.2, 0.25) is 18.1 Å². The molecule has 2 amide bonds. The van der Waals surface area contributed by atoms with E-state index < -0.39 is 14.1 Å². The Morgan fingerprint density at radius 2 is 1.32 bits per heavy atom. The third-order valence-electron chi connectivity index (χ3n) is 11.7. The molecule has 2 N–H and O–H groups in total. The minimum atomic E-state index is -1.95. The van der Waals surface area contributed by atoms with E-state index in [0.29, 0.717) is 44.3 Å². The first-order valence-electron chi connectivity index (χ1n) is 16.0. The van der Waals surface area contributed by atoms with Gasteiger partial charge in [-0.1, -0.05) is 48.5 Å². The maximum absolute atomic E-state index is 13.4. The summed E-state index contributed by atoms with van der Waals surface area (Å²) in [7, 11) is -1.95. The van der Waals surface area contributed by atoms with E-state index in [0.717, 1.165) is 44.9 Å². The molecule has 2 saturated carbocycles. The van der Waals surface area contributed by atoms with E-state index in [1.165, 1.54) is 0 Å². The smallest absolute Gasteiger partial charge is 0.220 e. The summed E-state index contributed by atoms with van der Waals surface area (Å²) in [4.78, 5) is 26.7. The third kappa shape index (κ3) is 6.81. The second kappa shape index (κ2) is 11.6. The van der Waals surface area contributed by atoms with Crippen LogP contribution in [0.15, 0.2) is 0 Å². The minimum Gasteiger partial charge on any atom is -0.414 e. The standard InChI is InChI=1S/C32H58N2O5Si/c1-29(2,3)40(8,9)39-24-18-22-12-10-14-28(36)34-26-21-32(37-16-17-38-32)20-23(31(26,6)7)13-11-15-27(35)33-25(19-24)30(22,4)5/h22-26H,10-21H2,1-9H3,(H,33,35)(H,34,36)/t22-,23-,24?,25-,26-/m1/s1. The fourth-order valence-electron chi connectivity index (χ4n) is 7.57. The normalized spacial score (nSPS) is 35.2. The molecule has 4 bridgehead atoms. The molecule has 0 radical (unpaired) electrons. The Labute approximate surface area is 244 Å². The number of fused-ring (bicyclic) bond motifs is 4. The van der Waals surface area contributed by atoms with Crippen LogP contribution in [-0.4, -0.2) is 57.3 Å². The van der Waals surface area contributed by atoms with E-state index >= 15 is 0 Å². The molecule has 2 heterocycles. The predicted octanol–water partition coefficient (Wildman–Crippen LogP) is 6.32. The van der Waals surface area contributed by atoms with Gasteiger partial charge in [-0.05, 0) is 79.3 Å². The first kappa shape index (κ1) is 32.0. The van der Waals surface area contributed by atoms with Crippen LogP contribution in [0.4, 0.5) is 0 Å². The second-order valence-electron chi connectivity index (χ2n) is 16.0. The Morgan fingerprint density at radius 1 is 0.800 bits per heavy atom. The van der Waals surface area contributed by atoms with Crippen molar-refractivity contribution in [1.29, 1.82) is 0 Å². The van der Waals surface area contributed by atoms with Crippen molar-refractivity contribution in [2.45, 2.75) is 155 Å². The maximum atomic E-state index is 13.4. The molecule has 0 aromatic carbocycles. The van der Waals surface area contributed by atoms with Crippen LogP contribution in [0.5, 0.6) is 0 Å². The Hall–Kier alpha value is -0.963. The van der Waals surface area contributed by atoms with Gasteiger partial charge in [0.05, 0.1) is 13.2 Å². The summed E-state index contributed by atoms with van der Waals surface area (Å²) >= 11 is 0. The molecule has 230 valence electrons. The fourth-order valence-corrected chi connectivity index (χ4v) is 8.95. The van der Waals surface area contributed by atoms with Gasteiger partial charge in [-0.25, -0.2) is 0 Å². The number of carbonyl (C=O) groups excluding carboxylic acids is 2. The van der Waals surface area contributed by atoms with Crippen LogP contribution in [-0.2, 0) is 23.5 Å². The number of hydrogen-bond acceptors (Lipinski definition) is 5. The van der Waals surface area contributed by atoms with Crippen LogP contribution >= 0.6 is 0 Å². The molecule has 4 rings (SSSR count). The summed E-state index contributed by atoms with van der Waals surface area (Å²) < 4.78 is 19.2. The van der Waals surface area contributed by atoms with E-state index in [1.807, 2.05) is 0 Å². The molecular weight excluding hydrogens is 520 g/mol. The summed E-state index contributed by atoms with van der Waals surface area (Å²) in [6.45, 7) is 21.9. The van der Waals surface area contributed by atoms with Crippen LogP contribution in [0, 0.1) is 22.7 Å². The molecule has 2 saturated heterocycles. The number of ether oxygens (including phenoxy) is 2. The van der Waals surface area contributed by atoms with Gasteiger partial charge in [-0.15, -0.1) is 0 Å². The molecule has 0 aromatic heterocycles. The number of rotatable bonds is 2. The van der Waals surface area contributed by atoms with Crippen molar-refractivity contribution in [2.75, 3.05) is 13.2 Å². The van der Waals surface area contributed by atoms with E-state index in [4.69, 9.17) is 13.9 Å². The molecular formula is C32H58N2O5Si. The van der Waals surface area contributed by atoms with Gasteiger partial charge in [0.1, 0.15) is 0 Å². The first-order chi connectivity index (χ1) is 18.5. The van der Waals surface area contributed by atoms with Gasteiger partial charge in [-0.2, -0.15) is 0 Å². The molecule has 2 aliphatic carbocycles. The lowest BCUT2D eigenvalue weighted by Crippen LogP contribution is -2.58. The van der Waals surface area contributed by atoms with Gasteiger partial charge >= 0.3 is 0 Å². The zero-order valence-electron chi connectivity index (χ0n) is 26.9. The molecule has 1 unspecified atom stereocenters. The average molecular weight is 579 g/mol. The number of hydrogen-bond donors (Lipinski definition) is 2. The van der Waals surface area contributed by atoms with Gasteiger partial charge in [0.15, 0.2) is 14.1 Å². The van der Waals surface area contributed by atoms with Crippen molar-refractivity contribution in [2.24, 2.45) is 22.7 Å². The highest BCUT2D eigenvalue weighted by atomic mass is 28.4. The number of nitrogens with one attached hydrogen (secondary N) is 2. The molecule has 4 aliphatic rings. The van der Waals surface area contributed by atoms with Crippen molar-refractivity contribution in [3.8, 4) is 0 Å². The van der Waals surface area contributed by atoms with Gasteiger partial charge in [0.25, 0.3) is 0 Å². The summed E-state index contributed by atoms with van der Waals surface area (Å²) in [6.07, 6.45) is 8.04. The van der Waals surface area contributed by atoms with Crippen LogP contribution < -0.4 is 10.6 Å². The quantitative estimate of drug-likeness (QED) is 0.375. The molecule has 7 nitrogen and oxygen atoms in total. The van der Waals surface area contributed by atoms with Gasteiger partial charge in [-0.3, -0.25) is 9.59 Å². The average Bonchev–Trinajstić information content (AvgIpc) is 3.26. The largest absolute Gasteiger partial charge is 0.414 e. The summed E-state index contributed by atoms with van der Waals surface area (Å²) in [5.41, 5.74) is -0.158. The van der Waals surface area contributed by atoms with Crippen molar-refractivity contribution >= 4 is 20.1 Å². The topological polar surface area (TPSA) is 85.9 Å². The summed E-state index contributed by atoms with van der Waals surface area (Å²) in [5, 5.41) is 7.03. The van der Waals surface area contributed by atoms with E-state index in [-0.39, 0.29) is 45.9 Å². The van der Waals surface area contributed by atoms with Crippen LogP contribution in [0.3, 0.4) is 0 Å². The van der Waals surface area contributed by atoms with Gasteiger partial charge < -0.3 is 24.5 Å². The maximum Gasteiger partial charge on any atom is 0.220 e. The lowest BCUT2D eigenvalue weighted by Gasteiger charge is -2.52. The molecule has 8 heteroatoms. The van der Waals surface area contributed by atoms with Crippen molar-refractivity contribution in [3.05, 3.63) is 0 Å². The summed E-state index contributed by atoms with van der Waals surface area (Å²) in [5.74, 6) is 0.348. The Bertz CT molecular complexity index is 921. The van der Waals surface area contributed by atoms with Crippen LogP contribution in [0.25, 0.3) is 0 Å². The fraction of sp³-hybridized carbons (Fsp3) is 0.938. The second-order valence-corrected chi connectivity index (χ2v) is 20.8.